The van der Waals surface area contributed by atoms with Gasteiger partial charge in [0.05, 0.1) is 11.7 Å². The molecule has 22 heavy (non-hydrogen) atoms. The Morgan fingerprint density at radius 2 is 2.36 bits per heavy atom. The number of benzene rings is 1. The third-order valence-corrected chi connectivity index (χ3v) is 4.06. The molecule has 3 aromatic rings. The Bertz CT molecular complexity index is 822. The second kappa shape index (κ2) is 5.94. The molecule has 7 heteroatoms. The average Bonchev–Trinajstić information content (AvgIpc) is 3.06. The molecule has 2 aromatic heterocycles. The molecule has 1 unspecified atom stereocenters. The van der Waals surface area contributed by atoms with Crippen LogP contribution in [0, 0.1) is 0 Å². The highest BCUT2D eigenvalue weighted by Crippen LogP contribution is 2.26. The van der Waals surface area contributed by atoms with Crippen LogP contribution in [0.15, 0.2) is 41.3 Å². The first-order valence-corrected chi connectivity index (χ1v) is 7.63. The van der Waals surface area contributed by atoms with E-state index in [2.05, 4.69) is 31.2 Å². The van der Waals surface area contributed by atoms with E-state index in [1.807, 2.05) is 36.0 Å². The van der Waals surface area contributed by atoms with Crippen LogP contribution in [0.1, 0.15) is 5.82 Å². The summed E-state index contributed by atoms with van der Waals surface area (Å²) in [6, 6.07) is 5.18. The molecule has 0 radical (unpaired) electrons. The fourth-order valence-electron chi connectivity index (χ4n) is 2.31. The number of aromatic nitrogens is 3. The smallest absolute Gasteiger partial charge is 0.241 e. The van der Waals surface area contributed by atoms with Crippen LogP contribution in [0.25, 0.3) is 10.9 Å². The maximum Gasteiger partial charge on any atom is 0.241 e. The van der Waals surface area contributed by atoms with Crippen molar-refractivity contribution in [1.29, 1.82) is 0 Å². The van der Waals surface area contributed by atoms with E-state index in [9.17, 15) is 4.79 Å². The highest BCUT2D eigenvalue weighted by molar-refractivity contribution is 9.10. The van der Waals surface area contributed by atoms with E-state index in [4.69, 9.17) is 5.73 Å². The number of carbonyl (C=O) groups is 1. The quantitative estimate of drug-likeness (QED) is 0.665. The van der Waals surface area contributed by atoms with Gasteiger partial charge in [-0.05, 0) is 18.2 Å². The van der Waals surface area contributed by atoms with Crippen LogP contribution in [0.4, 0.5) is 5.69 Å². The SMILES string of the molecule is Cn1ccnc1CC(N)C(=O)Nc1c[nH]c2cc(Br)ccc12. The molecule has 0 aliphatic carbocycles. The third kappa shape index (κ3) is 2.90. The molecule has 1 atom stereocenters. The number of aromatic amines is 1. The summed E-state index contributed by atoms with van der Waals surface area (Å²) in [5, 5.41) is 3.81. The van der Waals surface area contributed by atoms with Gasteiger partial charge in [0.15, 0.2) is 0 Å². The number of H-pyrrole nitrogens is 1. The Hall–Kier alpha value is -2.12. The minimum atomic E-state index is -0.651. The fourth-order valence-corrected chi connectivity index (χ4v) is 2.67. The predicted molar refractivity (Wildman–Crippen MR) is 89.5 cm³/mol. The number of fused-ring (bicyclic) bond motifs is 1. The molecule has 0 spiro atoms. The van der Waals surface area contributed by atoms with Gasteiger partial charge in [-0.3, -0.25) is 4.79 Å². The Labute approximate surface area is 135 Å². The van der Waals surface area contributed by atoms with Crippen LogP contribution in [0.3, 0.4) is 0 Å². The topological polar surface area (TPSA) is 88.7 Å². The lowest BCUT2D eigenvalue weighted by atomic mass is 10.2. The highest BCUT2D eigenvalue weighted by atomic mass is 79.9. The number of nitrogens with two attached hydrogens (primary N) is 1. The second-order valence-corrected chi connectivity index (χ2v) is 6.06. The van der Waals surface area contributed by atoms with Gasteiger partial charge in [0.2, 0.25) is 5.91 Å². The third-order valence-electron chi connectivity index (χ3n) is 3.56. The van der Waals surface area contributed by atoms with Crippen molar-refractivity contribution in [2.45, 2.75) is 12.5 Å². The lowest BCUT2D eigenvalue weighted by Crippen LogP contribution is -2.38. The van der Waals surface area contributed by atoms with E-state index in [0.717, 1.165) is 26.9 Å². The summed E-state index contributed by atoms with van der Waals surface area (Å²) in [5.41, 5.74) is 7.65. The zero-order chi connectivity index (χ0) is 15.7. The van der Waals surface area contributed by atoms with Crippen molar-refractivity contribution in [2.24, 2.45) is 12.8 Å². The van der Waals surface area contributed by atoms with Gasteiger partial charge in [0.1, 0.15) is 5.82 Å². The number of aryl methyl sites for hydroxylation is 1. The van der Waals surface area contributed by atoms with Crippen molar-refractivity contribution in [2.75, 3.05) is 5.32 Å². The van der Waals surface area contributed by atoms with Crippen molar-refractivity contribution in [3.63, 3.8) is 0 Å². The molecule has 4 N–H and O–H groups in total. The second-order valence-electron chi connectivity index (χ2n) is 5.15. The number of anilines is 1. The summed E-state index contributed by atoms with van der Waals surface area (Å²) < 4.78 is 2.84. The van der Waals surface area contributed by atoms with E-state index >= 15 is 0 Å². The number of imidazole rings is 1. The number of hydrogen-bond acceptors (Lipinski definition) is 3. The molecule has 0 fully saturated rings. The molecule has 6 nitrogen and oxygen atoms in total. The molecule has 2 heterocycles. The Kier molecular flexibility index (Phi) is 4.00. The van der Waals surface area contributed by atoms with E-state index in [1.54, 1.807) is 12.4 Å². The summed E-state index contributed by atoms with van der Waals surface area (Å²) in [7, 11) is 1.88. The standard InChI is InChI=1S/C15H16BrN5O/c1-21-5-4-18-14(21)7-11(17)15(22)20-13-8-19-12-6-9(16)2-3-10(12)13/h2-6,8,11,19H,7,17H2,1H3,(H,20,22). The number of carbonyl (C=O) groups excluding carboxylic acids is 1. The van der Waals surface area contributed by atoms with Gasteiger partial charge in [-0.1, -0.05) is 15.9 Å². The number of amides is 1. The predicted octanol–water partition coefficient (Wildman–Crippen LogP) is 2.17. The van der Waals surface area contributed by atoms with Crippen LogP contribution in [-0.2, 0) is 18.3 Å². The van der Waals surface area contributed by atoms with Crippen LogP contribution >= 0.6 is 15.9 Å². The summed E-state index contributed by atoms with van der Waals surface area (Å²) in [4.78, 5) is 19.6. The summed E-state index contributed by atoms with van der Waals surface area (Å²) in [5.74, 6) is 0.553. The molecule has 0 saturated heterocycles. The van der Waals surface area contributed by atoms with Crippen molar-refractivity contribution >= 4 is 38.4 Å². The largest absolute Gasteiger partial charge is 0.359 e. The Morgan fingerprint density at radius 1 is 1.55 bits per heavy atom. The molecule has 0 saturated carbocycles. The van der Waals surface area contributed by atoms with E-state index in [1.165, 1.54) is 0 Å². The normalized spacial score (nSPS) is 12.5. The van der Waals surface area contributed by atoms with E-state index < -0.39 is 6.04 Å². The highest BCUT2D eigenvalue weighted by Gasteiger charge is 2.17. The van der Waals surface area contributed by atoms with Crippen molar-refractivity contribution in [3.05, 3.63) is 47.1 Å². The number of hydrogen-bond donors (Lipinski definition) is 3. The van der Waals surface area contributed by atoms with Gasteiger partial charge in [-0.2, -0.15) is 0 Å². The lowest BCUT2D eigenvalue weighted by molar-refractivity contribution is -0.117. The van der Waals surface area contributed by atoms with E-state index in [-0.39, 0.29) is 5.91 Å². The van der Waals surface area contributed by atoms with Crippen LogP contribution in [0.5, 0.6) is 0 Å². The molecule has 1 amide bonds. The van der Waals surface area contributed by atoms with Crippen molar-refractivity contribution in [3.8, 4) is 0 Å². The van der Waals surface area contributed by atoms with Gasteiger partial charge < -0.3 is 20.6 Å². The molecular formula is C15H16BrN5O. The molecular weight excluding hydrogens is 346 g/mol. The lowest BCUT2D eigenvalue weighted by Gasteiger charge is -2.11. The number of halogens is 1. The summed E-state index contributed by atoms with van der Waals surface area (Å²) in [6.45, 7) is 0. The van der Waals surface area contributed by atoms with Gasteiger partial charge >= 0.3 is 0 Å². The van der Waals surface area contributed by atoms with Crippen LogP contribution in [-0.4, -0.2) is 26.5 Å². The Morgan fingerprint density at radius 3 is 3.09 bits per heavy atom. The van der Waals surface area contributed by atoms with Gasteiger partial charge in [-0.15, -0.1) is 0 Å². The van der Waals surface area contributed by atoms with Crippen LogP contribution in [0.2, 0.25) is 0 Å². The minimum absolute atomic E-state index is 0.230. The first kappa shape index (κ1) is 14.8. The zero-order valence-corrected chi connectivity index (χ0v) is 13.6. The monoisotopic (exact) mass is 361 g/mol. The van der Waals surface area contributed by atoms with Crippen molar-refractivity contribution in [1.82, 2.24) is 14.5 Å². The van der Waals surface area contributed by atoms with Crippen LogP contribution < -0.4 is 11.1 Å². The Balaban J connectivity index is 1.74. The molecule has 3 rings (SSSR count). The molecule has 0 aliphatic heterocycles. The summed E-state index contributed by atoms with van der Waals surface area (Å²) >= 11 is 3.42. The number of nitrogens with one attached hydrogen (secondary N) is 2. The van der Waals surface area contributed by atoms with Crippen molar-refractivity contribution < 1.29 is 4.79 Å². The number of rotatable bonds is 4. The fraction of sp³-hybridized carbons (Fsp3) is 0.200. The van der Waals surface area contributed by atoms with Gasteiger partial charge in [0, 0.05) is 47.4 Å². The van der Waals surface area contributed by atoms with E-state index in [0.29, 0.717) is 6.42 Å². The maximum atomic E-state index is 12.3. The van der Waals surface area contributed by atoms with Gasteiger partial charge in [0.25, 0.3) is 0 Å². The first-order chi connectivity index (χ1) is 10.5. The molecule has 1 aromatic carbocycles. The summed E-state index contributed by atoms with van der Waals surface area (Å²) in [6.07, 6.45) is 5.68. The minimum Gasteiger partial charge on any atom is -0.359 e. The molecule has 0 aliphatic rings. The average molecular weight is 362 g/mol. The zero-order valence-electron chi connectivity index (χ0n) is 12.0. The maximum absolute atomic E-state index is 12.3. The molecule has 114 valence electrons. The van der Waals surface area contributed by atoms with Gasteiger partial charge in [-0.25, -0.2) is 4.98 Å². The molecule has 0 bridgehead atoms. The first-order valence-electron chi connectivity index (χ1n) is 6.84. The number of nitrogens with zero attached hydrogens (tertiary/aromatic N) is 2.